The van der Waals surface area contributed by atoms with Gasteiger partial charge in [-0.1, -0.05) is 12.1 Å². The molecular formula is C18H20N4O3. The van der Waals surface area contributed by atoms with Gasteiger partial charge in [-0.15, -0.1) is 0 Å². The Kier molecular flexibility index (Phi) is 3.99. The fraction of sp³-hybridized carbons (Fsp3) is 0.444. The van der Waals surface area contributed by atoms with Gasteiger partial charge >= 0.3 is 0 Å². The quantitative estimate of drug-likeness (QED) is 0.860. The third-order valence-corrected chi connectivity index (χ3v) is 5.00. The summed E-state index contributed by atoms with van der Waals surface area (Å²) < 4.78 is 0. The van der Waals surface area contributed by atoms with E-state index < -0.39 is 0 Å². The number of carbonyl (C=O) groups is 3. The second kappa shape index (κ2) is 6.31. The monoisotopic (exact) mass is 340 g/mol. The van der Waals surface area contributed by atoms with E-state index >= 15 is 0 Å². The van der Waals surface area contributed by atoms with Crippen LogP contribution in [0.4, 0.5) is 0 Å². The number of para-hydroxylation sites is 2. The number of rotatable bonds is 4. The Balaban J connectivity index is 1.46. The van der Waals surface area contributed by atoms with Gasteiger partial charge in [-0.2, -0.15) is 0 Å². The van der Waals surface area contributed by atoms with E-state index in [-0.39, 0.29) is 49.6 Å². The van der Waals surface area contributed by atoms with Crippen LogP contribution in [0.3, 0.4) is 0 Å². The molecule has 0 saturated carbocycles. The molecule has 0 bridgehead atoms. The van der Waals surface area contributed by atoms with Crippen molar-refractivity contribution < 1.29 is 14.4 Å². The molecule has 2 fully saturated rings. The highest BCUT2D eigenvalue weighted by atomic mass is 16.2. The number of fused-ring (bicyclic) bond motifs is 1. The normalized spacial score (nSPS) is 20.9. The topological polar surface area (TPSA) is 86.4 Å². The van der Waals surface area contributed by atoms with Gasteiger partial charge < -0.3 is 9.88 Å². The Morgan fingerprint density at radius 2 is 1.96 bits per heavy atom. The van der Waals surface area contributed by atoms with Crippen molar-refractivity contribution in [1.82, 2.24) is 19.8 Å². The lowest BCUT2D eigenvalue weighted by Crippen LogP contribution is -2.36. The number of nitrogens with one attached hydrogen (secondary N) is 1. The van der Waals surface area contributed by atoms with Crippen LogP contribution < -0.4 is 0 Å². The molecule has 130 valence electrons. The number of aromatic amines is 1. The van der Waals surface area contributed by atoms with Gasteiger partial charge in [0, 0.05) is 32.4 Å². The van der Waals surface area contributed by atoms with Crippen LogP contribution in [0, 0.1) is 0 Å². The summed E-state index contributed by atoms with van der Waals surface area (Å²) >= 11 is 0. The maximum absolute atomic E-state index is 12.6. The maximum Gasteiger partial charge on any atom is 0.229 e. The summed E-state index contributed by atoms with van der Waals surface area (Å²) in [5.74, 6) is 0.428. The van der Waals surface area contributed by atoms with Gasteiger partial charge in [-0.05, 0) is 25.0 Å². The van der Waals surface area contributed by atoms with Gasteiger partial charge in [0.1, 0.15) is 5.82 Å². The largest absolute Gasteiger partial charge is 0.340 e. The molecular weight excluding hydrogens is 320 g/mol. The molecule has 7 heteroatoms. The van der Waals surface area contributed by atoms with Crippen molar-refractivity contribution in [2.45, 2.75) is 38.1 Å². The van der Waals surface area contributed by atoms with Gasteiger partial charge in [0.2, 0.25) is 17.7 Å². The number of H-pyrrole nitrogens is 1. The van der Waals surface area contributed by atoms with Crippen LogP contribution in [0.5, 0.6) is 0 Å². The smallest absolute Gasteiger partial charge is 0.229 e. The average Bonchev–Trinajstić information content (AvgIpc) is 3.31. The number of nitrogens with zero attached hydrogens (tertiary/aromatic N) is 3. The zero-order valence-corrected chi connectivity index (χ0v) is 13.9. The van der Waals surface area contributed by atoms with E-state index in [1.807, 2.05) is 29.2 Å². The van der Waals surface area contributed by atoms with Crippen molar-refractivity contribution in [3.05, 3.63) is 30.1 Å². The highest BCUT2D eigenvalue weighted by molar-refractivity contribution is 6.02. The highest BCUT2D eigenvalue weighted by Crippen LogP contribution is 2.32. The molecule has 1 N–H and O–H groups in total. The highest BCUT2D eigenvalue weighted by Gasteiger charge is 2.34. The molecule has 0 aliphatic carbocycles. The van der Waals surface area contributed by atoms with Crippen LogP contribution in [0.1, 0.15) is 44.0 Å². The minimum atomic E-state index is -0.173. The number of amides is 3. The van der Waals surface area contributed by atoms with E-state index in [4.69, 9.17) is 0 Å². The maximum atomic E-state index is 12.6. The molecule has 1 atom stereocenters. The molecule has 1 aromatic heterocycles. The Bertz CT molecular complexity index is 795. The zero-order chi connectivity index (χ0) is 17.4. The predicted octanol–water partition coefficient (Wildman–Crippen LogP) is 1.77. The molecule has 3 amide bonds. The Morgan fingerprint density at radius 3 is 2.72 bits per heavy atom. The van der Waals surface area contributed by atoms with Crippen molar-refractivity contribution in [3.8, 4) is 0 Å². The fourth-order valence-electron chi connectivity index (χ4n) is 3.70. The van der Waals surface area contributed by atoms with E-state index in [2.05, 4.69) is 9.97 Å². The third kappa shape index (κ3) is 2.90. The Labute approximate surface area is 145 Å². The number of hydrogen-bond acceptors (Lipinski definition) is 4. The average molecular weight is 340 g/mol. The molecule has 0 spiro atoms. The van der Waals surface area contributed by atoms with Gasteiger partial charge in [0.15, 0.2) is 0 Å². The van der Waals surface area contributed by atoms with E-state index in [9.17, 15) is 14.4 Å². The van der Waals surface area contributed by atoms with Crippen LogP contribution >= 0.6 is 0 Å². The van der Waals surface area contributed by atoms with Gasteiger partial charge in [0.25, 0.3) is 0 Å². The van der Waals surface area contributed by atoms with Gasteiger partial charge in [-0.3, -0.25) is 19.3 Å². The Hall–Kier alpha value is -2.70. The summed E-state index contributed by atoms with van der Waals surface area (Å²) in [5, 5.41) is 0. The lowest BCUT2D eigenvalue weighted by molar-refractivity contribution is -0.139. The summed E-state index contributed by atoms with van der Waals surface area (Å²) in [6.07, 6.45) is 2.49. The molecule has 3 heterocycles. The first-order valence-corrected chi connectivity index (χ1v) is 8.71. The van der Waals surface area contributed by atoms with Gasteiger partial charge in [0.05, 0.1) is 17.1 Å². The number of imide groups is 1. The summed E-state index contributed by atoms with van der Waals surface area (Å²) in [5.41, 5.74) is 1.86. The first-order valence-electron chi connectivity index (χ1n) is 8.71. The zero-order valence-electron chi connectivity index (χ0n) is 13.9. The minimum Gasteiger partial charge on any atom is -0.340 e. The summed E-state index contributed by atoms with van der Waals surface area (Å²) in [7, 11) is 0. The summed E-state index contributed by atoms with van der Waals surface area (Å²) in [6, 6.07) is 7.74. The van der Waals surface area contributed by atoms with Crippen LogP contribution in [0.15, 0.2) is 24.3 Å². The number of aromatic nitrogens is 2. The van der Waals surface area contributed by atoms with Crippen LogP contribution in [0.25, 0.3) is 11.0 Å². The van der Waals surface area contributed by atoms with Crippen molar-refractivity contribution in [2.24, 2.45) is 0 Å². The molecule has 0 unspecified atom stereocenters. The van der Waals surface area contributed by atoms with E-state index in [0.29, 0.717) is 6.54 Å². The van der Waals surface area contributed by atoms with E-state index in [1.165, 1.54) is 4.90 Å². The molecule has 0 radical (unpaired) electrons. The predicted molar refractivity (Wildman–Crippen MR) is 90.4 cm³/mol. The molecule has 2 aliphatic rings. The number of carbonyl (C=O) groups excluding carboxylic acids is 3. The van der Waals surface area contributed by atoms with Crippen LogP contribution in [0.2, 0.25) is 0 Å². The molecule has 7 nitrogen and oxygen atoms in total. The van der Waals surface area contributed by atoms with Crippen LogP contribution in [-0.2, 0) is 14.4 Å². The first kappa shape index (κ1) is 15.8. The third-order valence-electron chi connectivity index (χ3n) is 5.00. The second-order valence-corrected chi connectivity index (χ2v) is 6.57. The number of imidazole rings is 1. The van der Waals surface area contributed by atoms with E-state index in [0.717, 1.165) is 29.7 Å². The SMILES string of the molecule is O=C1CCC(=O)N1CCC(=O)N1CCC[C@H]1c1nc2ccccc2[nH]1. The minimum absolute atomic E-state index is 0.0320. The number of benzene rings is 1. The molecule has 2 aliphatic heterocycles. The molecule has 4 rings (SSSR count). The van der Waals surface area contributed by atoms with Gasteiger partial charge in [-0.25, -0.2) is 4.98 Å². The fourth-order valence-corrected chi connectivity index (χ4v) is 3.70. The molecule has 2 aromatic rings. The van der Waals surface area contributed by atoms with Crippen molar-refractivity contribution in [2.75, 3.05) is 13.1 Å². The second-order valence-electron chi connectivity index (χ2n) is 6.57. The Morgan fingerprint density at radius 1 is 1.20 bits per heavy atom. The molecule has 1 aromatic carbocycles. The molecule has 25 heavy (non-hydrogen) atoms. The lowest BCUT2D eigenvalue weighted by atomic mass is 10.2. The van der Waals surface area contributed by atoms with Crippen molar-refractivity contribution in [3.63, 3.8) is 0 Å². The van der Waals surface area contributed by atoms with Crippen LogP contribution in [-0.4, -0.2) is 50.6 Å². The first-order chi connectivity index (χ1) is 12.1. The lowest BCUT2D eigenvalue weighted by Gasteiger charge is -2.24. The molecule has 2 saturated heterocycles. The summed E-state index contributed by atoms with van der Waals surface area (Å²) in [6.45, 7) is 0.863. The standard InChI is InChI=1S/C18H20N4O3/c23-15-7-8-16(24)22(15)11-9-17(25)21-10-3-6-14(21)18-19-12-4-1-2-5-13(12)20-18/h1-2,4-5,14H,3,6-11H2,(H,19,20)/t14-/m0/s1. The van der Waals surface area contributed by atoms with Crippen molar-refractivity contribution >= 4 is 28.8 Å². The van der Waals surface area contributed by atoms with Crippen molar-refractivity contribution in [1.29, 1.82) is 0 Å². The summed E-state index contributed by atoms with van der Waals surface area (Å²) in [4.78, 5) is 47.0. The number of likely N-dealkylation sites (tertiary alicyclic amines) is 2. The van der Waals surface area contributed by atoms with E-state index in [1.54, 1.807) is 0 Å². The number of hydrogen-bond donors (Lipinski definition) is 1.